The van der Waals surface area contributed by atoms with Crippen LogP contribution in [-0.2, 0) is 19.1 Å². The van der Waals surface area contributed by atoms with Crippen LogP contribution in [0.15, 0.2) is 41.5 Å². The van der Waals surface area contributed by atoms with Crippen molar-refractivity contribution in [3.05, 3.63) is 36.6 Å². The Balaban J connectivity index is 2.25. The molecule has 0 radical (unpaired) electrons. The lowest BCUT2D eigenvalue weighted by atomic mass is 9.79. The van der Waals surface area contributed by atoms with Gasteiger partial charge in [-0.05, 0) is 31.4 Å². The highest BCUT2D eigenvalue weighted by atomic mass is 32.2. The van der Waals surface area contributed by atoms with Crippen molar-refractivity contribution in [2.45, 2.75) is 24.3 Å². The Morgan fingerprint density at radius 2 is 1.78 bits per heavy atom. The van der Waals surface area contributed by atoms with Gasteiger partial charge in [0.1, 0.15) is 5.60 Å². The van der Waals surface area contributed by atoms with Gasteiger partial charge < -0.3 is 9.31 Å². The molecular weight excluding hydrogens is 251 g/mol. The Morgan fingerprint density at radius 3 is 2.17 bits per heavy atom. The van der Waals surface area contributed by atoms with Gasteiger partial charge in [-0.25, -0.2) is 8.42 Å². The smallest absolute Gasteiger partial charge is 0.534 e. The molecule has 0 atom stereocenters. The first-order valence-electron chi connectivity index (χ1n) is 5.54. The molecule has 1 heterocycles. The molecule has 18 heavy (non-hydrogen) atoms. The number of sulfone groups is 1. The molecule has 1 aromatic carbocycles. The van der Waals surface area contributed by atoms with Crippen molar-refractivity contribution in [2.24, 2.45) is 0 Å². The van der Waals surface area contributed by atoms with Crippen LogP contribution in [0, 0.1) is 0 Å². The van der Waals surface area contributed by atoms with Crippen molar-refractivity contribution < 1.29 is 17.7 Å². The summed E-state index contributed by atoms with van der Waals surface area (Å²) in [7, 11) is -3.70. The molecule has 0 spiro atoms. The second kappa shape index (κ2) is 4.14. The van der Waals surface area contributed by atoms with Crippen LogP contribution in [0.1, 0.15) is 13.8 Å². The summed E-state index contributed by atoms with van der Waals surface area (Å²) in [6.45, 7) is 7.55. The standard InChI is InChI=1S/C12H15BO4S/c1-9-12(2,3)17-13(16-9)10-5-7-11(8-6-10)18(4,14)15/h5-8H,1H2,2-4H3. The third kappa shape index (κ3) is 2.44. The Kier molecular flexibility index (Phi) is 3.03. The van der Waals surface area contributed by atoms with E-state index < -0.39 is 22.6 Å². The van der Waals surface area contributed by atoms with Gasteiger partial charge in [0.15, 0.2) is 9.84 Å². The van der Waals surface area contributed by atoms with E-state index in [-0.39, 0.29) is 4.90 Å². The van der Waals surface area contributed by atoms with Crippen molar-refractivity contribution in [3.63, 3.8) is 0 Å². The molecule has 0 saturated carbocycles. The number of hydrogen-bond donors (Lipinski definition) is 0. The number of hydrogen-bond acceptors (Lipinski definition) is 4. The summed E-state index contributed by atoms with van der Waals surface area (Å²) in [6.07, 6.45) is 1.18. The maximum absolute atomic E-state index is 11.3. The van der Waals surface area contributed by atoms with Crippen LogP contribution < -0.4 is 5.46 Å². The molecule has 0 aromatic heterocycles. The van der Waals surface area contributed by atoms with Crippen LogP contribution >= 0.6 is 0 Å². The average molecular weight is 266 g/mol. The van der Waals surface area contributed by atoms with Gasteiger partial charge in [0.2, 0.25) is 0 Å². The summed E-state index contributed by atoms with van der Waals surface area (Å²) in [5, 5.41) is 0. The van der Waals surface area contributed by atoms with Gasteiger partial charge in [0.05, 0.1) is 10.7 Å². The predicted molar refractivity (Wildman–Crippen MR) is 70.3 cm³/mol. The summed E-state index contributed by atoms with van der Waals surface area (Å²) >= 11 is 0. The normalized spacial score (nSPS) is 18.8. The van der Waals surface area contributed by atoms with E-state index in [0.29, 0.717) is 5.76 Å². The Labute approximate surface area is 108 Å². The van der Waals surface area contributed by atoms with Crippen LogP contribution in [0.3, 0.4) is 0 Å². The molecular formula is C12H15BO4S. The topological polar surface area (TPSA) is 52.6 Å². The van der Waals surface area contributed by atoms with Crippen molar-refractivity contribution in [3.8, 4) is 0 Å². The third-order valence-corrected chi connectivity index (χ3v) is 4.03. The first kappa shape index (κ1) is 13.2. The lowest BCUT2D eigenvalue weighted by Crippen LogP contribution is -2.34. The van der Waals surface area contributed by atoms with Gasteiger partial charge in [-0.3, -0.25) is 0 Å². The highest BCUT2D eigenvalue weighted by molar-refractivity contribution is 7.90. The van der Waals surface area contributed by atoms with Gasteiger partial charge in [0, 0.05) is 6.26 Å². The van der Waals surface area contributed by atoms with Gasteiger partial charge in [-0.2, -0.15) is 0 Å². The molecule has 6 heteroatoms. The number of benzene rings is 1. The van der Waals surface area contributed by atoms with E-state index in [1.165, 1.54) is 6.26 Å². The zero-order valence-electron chi connectivity index (χ0n) is 10.6. The van der Waals surface area contributed by atoms with E-state index in [9.17, 15) is 8.42 Å². The SMILES string of the molecule is C=C1OB(c2ccc(S(C)(=O)=O)cc2)OC1(C)C. The molecule has 1 fully saturated rings. The van der Waals surface area contributed by atoms with Crippen molar-refractivity contribution in [2.75, 3.05) is 6.26 Å². The quantitative estimate of drug-likeness (QED) is 0.753. The van der Waals surface area contributed by atoms with E-state index in [1.54, 1.807) is 24.3 Å². The fourth-order valence-corrected chi connectivity index (χ4v) is 2.27. The molecule has 96 valence electrons. The molecule has 0 aliphatic carbocycles. The first-order chi connectivity index (χ1) is 8.20. The summed E-state index contributed by atoms with van der Waals surface area (Å²) in [4.78, 5) is 0.280. The van der Waals surface area contributed by atoms with Crippen LogP contribution in [0.2, 0.25) is 0 Å². The Bertz CT molecular complexity index is 575. The average Bonchev–Trinajstić information content (AvgIpc) is 2.53. The van der Waals surface area contributed by atoms with E-state index in [0.717, 1.165) is 5.46 Å². The fraction of sp³-hybridized carbons (Fsp3) is 0.333. The third-order valence-electron chi connectivity index (χ3n) is 2.90. The maximum atomic E-state index is 11.3. The molecule has 1 aromatic rings. The van der Waals surface area contributed by atoms with Crippen LogP contribution in [0.4, 0.5) is 0 Å². The number of rotatable bonds is 2. The largest absolute Gasteiger partial charge is 0.563 e. The lowest BCUT2D eigenvalue weighted by Gasteiger charge is -2.15. The summed E-state index contributed by atoms with van der Waals surface area (Å²) in [5.74, 6) is 0.569. The van der Waals surface area contributed by atoms with Crippen molar-refractivity contribution in [1.29, 1.82) is 0 Å². The molecule has 0 unspecified atom stereocenters. The first-order valence-corrected chi connectivity index (χ1v) is 7.43. The minimum Gasteiger partial charge on any atom is -0.534 e. The monoisotopic (exact) mass is 266 g/mol. The van der Waals surface area contributed by atoms with Gasteiger partial charge >= 0.3 is 7.12 Å². The molecule has 0 amide bonds. The molecule has 2 rings (SSSR count). The highest BCUT2D eigenvalue weighted by Crippen LogP contribution is 2.29. The maximum Gasteiger partial charge on any atom is 0.563 e. The van der Waals surface area contributed by atoms with E-state index in [4.69, 9.17) is 9.31 Å². The highest BCUT2D eigenvalue weighted by Gasteiger charge is 2.42. The molecule has 1 aliphatic heterocycles. The zero-order chi connectivity index (χ0) is 13.6. The van der Waals surface area contributed by atoms with Crippen molar-refractivity contribution >= 4 is 22.4 Å². The Morgan fingerprint density at radius 1 is 1.22 bits per heavy atom. The molecule has 1 aliphatic rings. The minimum atomic E-state index is -3.18. The molecule has 1 saturated heterocycles. The lowest BCUT2D eigenvalue weighted by molar-refractivity contribution is 0.173. The Hall–Kier alpha value is -1.27. The summed E-state index contributed by atoms with van der Waals surface area (Å²) < 4.78 is 33.9. The van der Waals surface area contributed by atoms with Crippen molar-refractivity contribution in [1.82, 2.24) is 0 Å². The van der Waals surface area contributed by atoms with E-state index >= 15 is 0 Å². The summed E-state index contributed by atoms with van der Waals surface area (Å²) in [6, 6.07) is 6.47. The van der Waals surface area contributed by atoms with Gasteiger partial charge in [-0.1, -0.05) is 18.7 Å². The molecule has 0 bridgehead atoms. The summed E-state index contributed by atoms with van der Waals surface area (Å²) in [5.41, 5.74) is 0.245. The predicted octanol–water partition coefficient (Wildman–Crippen LogP) is 1.12. The van der Waals surface area contributed by atoms with Crippen LogP contribution in [0.25, 0.3) is 0 Å². The second-order valence-electron chi connectivity index (χ2n) is 4.84. The molecule has 4 nitrogen and oxygen atoms in total. The minimum absolute atomic E-state index is 0.280. The van der Waals surface area contributed by atoms with Crippen LogP contribution in [0.5, 0.6) is 0 Å². The fourth-order valence-electron chi connectivity index (χ4n) is 1.64. The zero-order valence-corrected chi connectivity index (χ0v) is 11.5. The molecule has 0 N–H and O–H groups in total. The van der Waals surface area contributed by atoms with E-state index in [2.05, 4.69) is 6.58 Å². The van der Waals surface area contributed by atoms with E-state index in [1.807, 2.05) is 13.8 Å². The van der Waals surface area contributed by atoms with Gasteiger partial charge in [0.25, 0.3) is 0 Å². The van der Waals surface area contributed by atoms with Crippen LogP contribution in [-0.4, -0.2) is 27.4 Å². The second-order valence-corrected chi connectivity index (χ2v) is 6.86. The van der Waals surface area contributed by atoms with Gasteiger partial charge in [-0.15, -0.1) is 0 Å².